The van der Waals surface area contributed by atoms with Crippen LogP contribution in [-0.2, 0) is 4.79 Å². The molecule has 4 nitrogen and oxygen atoms in total. The summed E-state index contributed by atoms with van der Waals surface area (Å²) in [6, 6.07) is 6.70. The van der Waals surface area contributed by atoms with E-state index in [0.717, 1.165) is 5.56 Å². The molecule has 1 atom stereocenters. The maximum atomic E-state index is 11.9. The van der Waals surface area contributed by atoms with Gasteiger partial charge in [0.1, 0.15) is 5.75 Å². The van der Waals surface area contributed by atoms with Gasteiger partial charge in [-0.2, -0.15) is 0 Å². The molecule has 0 spiro atoms. The molecule has 0 aliphatic heterocycles. The van der Waals surface area contributed by atoms with Gasteiger partial charge < -0.3 is 16.2 Å². The van der Waals surface area contributed by atoms with Crippen LogP contribution in [0.15, 0.2) is 24.3 Å². The zero-order chi connectivity index (χ0) is 13.1. The van der Waals surface area contributed by atoms with E-state index in [0.29, 0.717) is 6.54 Å². The lowest BCUT2D eigenvalue weighted by molar-refractivity contribution is -0.129. The fourth-order valence-corrected chi connectivity index (χ4v) is 1.36. The van der Waals surface area contributed by atoms with Crippen molar-refractivity contribution in [2.45, 2.75) is 26.8 Å². The topological polar surface area (TPSA) is 75.4 Å². The summed E-state index contributed by atoms with van der Waals surface area (Å²) < 4.78 is 0. The average molecular weight is 236 g/mol. The first-order valence-corrected chi connectivity index (χ1v) is 5.67. The second kappa shape index (κ2) is 5.19. The van der Waals surface area contributed by atoms with Crippen molar-refractivity contribution in [1.82, 2.24) is 5.32 Å². The van der Waals surface area contributed by atoms with Crippen molar-refractivity contribution in [3.8, 4) is 5.75 Å². The zero-order valence-electron chi connectivity index (χ0n) is 10.5. The molecule has 0 aromatic heterocycles. The fourth-order valence-electron chi connectivity index (χ4n) is 1.36. The highest BCUT2D eigenvalue weighted by Gasteiger charge is 2.26. The molecule has 4 heteroatoms. The van der Waals surface area contributed by atoms with E-state index in [9.17, 15) is 9.90 Å². The van der Waals surface area contributed by atoms with Gasteiger partial charge in [-0.1, -0.05) is 12.1 Å². The predicted molar refractivity (Wildman–Crippen MR) is 67.5 cm³/mol. The predicted octanol–water partition coefficient (Wildman–Crippen LogP) is 1.55. The van der Waals surface area contributed by atoms with Gasteiger partial charge in [-0.05, 0) is 38.5 Å². The van der Waals surface area contributed by atoms with Crippen LogP contribution in [0.2, 0.25) is 0 Å². The minimum atomic E-state index is -0.578. The third kappa shape index (κ3) is 3.46. The van der Waals surface area contributed by atoms with Crippen LogP contribution in [-0.4, -0.2) is 17.6 Å². The molecule has 0 aliphatic carbocycles. The largest absolute Gasteiger partial charge is 0.508 e. The standard InChI is InChI=1S/C13H20N2O2/c1-9(10-5-4-6-11(16)7-10)15-12(17)13(2,3)8-14/h4-7,9,16H,8,14H2,1-3H3,(H,15,17). The van der Waals surface area contributed by atoms with Crippen LogP contribution < -0.4 is 11.1 Å². The van der Waals surface area contributed by atoms with E-state index in [4.69, 9.17) is 5.73 Å². The van der Waals surface area contributed by atoms with Gasteiger partial charge in [-0.25, -0.2) is 0 Å². The van der Waals surface area contributed by atoms with Gasteiger partial charge in [0.2, 0.25) is 5.91 Å². The number of phenols is 1. The van der Waals surface area contributed by atoms with Crippen molar-refractivity contribution in [2.24, 2.45) is 11.1 Å². The molecule has 1 aromatic carbocycles. The first kappa shape index (κ1) is 13.5. The molecular weight excluding hydrogens is 216 g/mol. The summed E-state index contributed by atoms with van der Waals surface area (Å²) in [5.74, 6) is 0.109. The molecule has 1 rings (SSSR count). The van der Waals surface area contributed by atoms with Crippen molar-refractivity contribution >= 4 is 5.91 Å². The summed E-state index contributed by atoms with van der Waals surface area (Å²) in [6.07, 6.45) is 0. The molecular formula is C13H20N2O2. The number of amides is 1. The van der Waals surface area contributed by atoms with E-state index in [2.05, 4.69) is 5.32 Å². The second-order valence-corrected chi connectivity index (χ2v) is 4.88. The summed E-state index contributed by atoms with van der Waals surface area (Å²) in [6.45, 7) is 5.78. The number of carbonyl (C=O) groups is 1. The molecule has 0 heterocycles. The van der Waals surface area contributed by atoms with Gasteiger partial charge in [-0.15, -0.1) is 0 Å². The van der Waals surface area contributed by atoms with Gasteiger partial charge in [0.05, 0.1) is 11.5 Å². The van der Waals surface area contributed by atoms with Crippen LogP contribution in [0.5, 0.6) is 5.75 Å². The van der Waals surface area contributed by atoms with Gasteiger partial charge in [0.25, 0.3) is 0 Å². The van der Waals surface area contributed by atoms with E-state index < -0.39 is 5.41 Å². The monoisotopic (exact) mass is 236 g/mol. The van der Waals surface area contributed by atoms with E-state index in [1.165, 1.54) is 0 Å². The quantitative estimate of drug-likeness (QED) is 0.742. The number of hydrogen-bond acceptors (Lipinski definition) is 3. The summed E-state index contributed by atoms with van der Waals surface area (Å²) in [7, 11) is 0. The fraction of sp³-hybridized carbons (Fsp3) is 0.462. The minimum Gasteiger partial charge on any atom is -0.508 e. The number of phenolic OH excluding ortho intramolecular Hbond substituents is 1. The van der Waals surface area contributed by atoms with Crippen LogP contribution in [0.1, 0.15) is 32.4 Å². The molecule has 0 saturated carbocycles. The Balaban J connectivity index is 2.73. The number of hydrogen-bond donors (Lipinski definition) is 3. The number of aromatic hydroxyl groups is 1. The number of carbonyl (C=O) groups excluding carboxylic acids is 1. The number of rotatable bonds is 4. The van der Waals surface area contributed by atoms with Crippen molar-refractivity contribution in [1.29, 1.82) is 0 Å². The third-order valence-electron chi connectivity index (χ3n) is 2.84. The first-order chi connectivity index (χ1) is 7.86. The lowest BCUT2D eigenvalue weighted by Crippen LogP contribution is -2.42. The van der Waals surface area contributed by atoms with Crippen molar-refractivity contribution in [3.05, 3.63) is 29.8 Å². The summed E-state index contributed by atoms with van der Waals surface area (Å²) >= 11 is 0. The summed E-state index contributed by atoms with van der Waals surface area (Å²) in [4.78, 5) is 11.9. The van der Waals surface area contributed by atoms with Gasteiger partial charge >= 0.3 is 0 Å². The lowest BCUT2D eigenvalue weighted by Gasteiger charge is -2.24. The third-order valence-corrected chi connectivity index (χ3v) is 2.84. The SMILES string of the molecule is CC(NC(=O)C(C)(C)CN)c1cccc(O)c1. The molecule has 0 aliphatic rings. The molecule has 1 amide bonds. The average Bonchev–Trinajstić information content (AvgIpc) is 2.28. The molecule has 0 radical (unpaired) electrons. The summed E-state index contributed by atoms with van der Waals surface area (Å²) in [5.41, 5.74) is 5.83. The van der Waals surface area contributed by atoms with Gasteiger partial charge in [0, 0.05) is 6.54 Å². The molecule has 0 fully saturated rings. The van der Waals surface area contributed by atoms with Crippen LogP contribution in [0.25, 0.3) is 0 Å². The van der Waals surface area contributed by atoms with Crippen molar-refractivity contribution in [2.75, 3.05) is 6.54 Å². The molecule has 0 bridgehead atoms. The van der Waals surface area contributed by atoms with Crippen LogP contribution in [0.4, 0.5) is 0 Å². The Kier molecular flexibility index (Phi) is 4.12. The number of nitrogens with one attached hydrogen (secondary N) is 1. The smallest absolute Gasteiger partial charge is 0.227 e. The number of nitrogens with two attached hydrogens (primary N) is 1. The highest BCUT2D eigenvalue weighted by molar-refractivity contribution is 5.82. The molecule has 0 saturated heterocycles. The van der Waals surface area contributed by atoms with E-state index >= 15 is 0 Å². The van der Waals surface area contributed by atoms with E-state index in [1.54, 1.807) is 32.0 Å². The molecule has 1 aromatic rings. The van der Waals surface area contributed by atoms with Crippen LogP contribution in [0.3, 0.4) is 0 Å². The highest BCUT2D eigenvalue weighted by Crippen LogP contribution is 2.20. The van der Waals surface area contributed by atoms with E-state index in [-0.39, 0.29) is 17.7 Å². The molecule has 4 N–H and O–H groups in total. The Morgan fingerprint density at radius 1 is 1.53 bits per heavy atom. The molecule has 94 valence electrons. The Labute approximate surface area is 102 Å². The normalized spacial score (nSPS) is 13.2. The van der Waals surface area contributed by atoms with E-state index in [1.807, 2.05) is 13.0 Å². The maximum Gasteiger partial charge on any atom is 0.227 e. The molecule has 1 unspecified atom stereocenters. The van der Waals surface area contributed by atoms with Crippen molar-refractivity contribution in [3.63, 3.8) is 0 Å². The Morgan fingerprint density at radius 2 is 2.18 bits per heavy atom. The lowest BCUT2D eigenvalue weighted by atomic mass is 9.92. The Morgan fingerprint density at radius 3 is 2.71 bits per heavy atom. The number of benzene rings is 1. The summed E-state index contributed by atoms with van der Waals surface area (Å²) in [5, 5.41) is 12.3. The Hall–Kier alpha value is -1.55. The first-order valence-electron chi connectivity index (χ1n) is 5.67. The van der Waals surface area contributed by atoms with Crippen LogP contribution in [0, 0.1) is 5.41 Å². The second-order valence-electron chi connectivity index (χ2n) is 4.88. The van der Waals surface area contributed by atoms with Gasteiger partial charge in [-0.3, -0.25) is 4.79 Å². The molecule has 17 heavy (non-hydrogen) atoms. The minimum absolute atomic E-state index is 0.0872. The zero-order valence-corrected chi connectivity index (χ0v) is 10.5. The van der Waals surface area contributed by atoms with Crippen molar-refractivity contribution < 1.29 is 9.90 Å². The Bertz CT molecular complexity index is 402. The van der Waals surface area contributed by atoms with Crippen LogP contribution >= 0.6 is 0 Å². The maximum absolute atomic E-state index is 11.9. The van der Waals surface area contributed by atoms with Gasteiger partial charge in [0.15, 0.2) is 0 Å². The highest BCUT2D eigenvalue weighted by atomic mass is 16.3.